The van der Waals surface area contributed by atoms with Crippen molar-refractivity contribution in [2.45, 2.75) is 30.5 Å². The monoisotopic (exact) mass is 521 g/mol. The van der Waals surface area contributed by atoms with Gasteiger partial charge in [-0.15, -0.1) is 0 Å². The number of carbonyl (C=O) groups is 1. The molecule has 0 aliphatic heterocycles. The van der Waals surface area contributed by atoms with Crippen LogP contribution < -0.4 is 4.18 Å². The van der Waals surface area contributed by atoms with Crippen molar-refractivity contribution in [2.24, 2.45) is 0 Å². The van der Waals surface area contributed by atoms with Gasteiger partial charge in [-0.05, 0) is 47.9 Å². The molecular weight excluding hydrogens is 495 g/mol. The van der Waals surface area contributed by atoms with Gasteiger partial charge in [0.25, 0.3) is 0 Å². The van der Waals surface area contributed by atoms with Crippen molar-refractivity contribution < 1.29 is 35.3 Å². The smallest absolute Gasteiger partial charge is 0.383 e. The molecule has 0 atom stereocenters. The second kappa shape index (κ2) is 12.0. The highest BCUT2D eigenvalue weighted by Gasteiger charge is 2.32. The van der Waals surface area contributed by atoms with Gasteiger partial charge in [-0.25, -0.2) is 0 Å². The normalized spacial score (nSPS) is 11.8. The maximum atomic E-state index is 13.0. The number of ether oxygens (including phenoxy) is 1. The lowest BCUT2D eigenvalue weighted by atomic mass is 10.1. The van der Waals surface area contributed by atoms with E-state index in [2.05, 4.69) is 0 Å². The Kier molecular flexibility index (Phi) is 9.11. The van der Waals surface area contributed by atoms with Crippen molar-refractivity contribution in [1.29, 1.82) is 0 Å². The third kappa shape index (κ3) is 7.82. The number of halogens is 3. The second-order valence-electron chi connectivity index (χ2n) is 8.00. The van der Waals surface area contributed by atoms with Crippen LogP contribution in [0.1, 0.15) is 23.1 Å². The Labute approximate surface area is 208 Å². The molecule has 0 fully saturated rings. The fourth-order valence-electron chi connectivity index (χ4n) is 3.47. The summed E-state index contributed by atoms with van der Waals surface area (Å²) in [6.45, 7) is 0.826. The Hall–Kier alpha value is -3.37. The van der Waals surface area contributed by atoms with Crippen LogP contribution >= 0.6 is 0 Å². The van der Waals surface area contributed by atoms with Gasteiger partial charge >= 0.3 is 16.3 Å². The predicted molar refractivity (Wildman–Crippen MR) is 128 cm³/mol. The molecule has 0 spiro atoms. The molecule has 0 heterocycles. The van der Waals surface area contributed by atoms with Gasteiger partial charge < -0.3 is 13.8 Å². The lowest BCUT2D eigenvalue weighted by Gasteiger charge is -2.23. The summed E-state index contributed by atoms with van der Waals surface area (Å²) in [5.74, 6) is -0.174. The van der Waals surface area contributed by atoms with Gasteiger partial charge in [0.2, 0.25) is 5.91 Å². The average molecular weight is 522 g/mol. The van der Waals surface area contributed by atoms with Crippen LogP contribution in [-0.4, -0.2) is 39.5 Å². The van der Waals surface area contributed by atoms with E-state index in [0.717, 1.165) is 23.8 Å². The van der Waals surface area contributed by atoms with E-state index in [-0.39, 0.29) is 24.6 Å². The van der Waals surface area contributed by atoms with Gasteiger partial charge in [0.15, 0.2) is 0 Å². The van der Waals surface area contributed by atoms with Crippen LogP contribution in [0.4, 0.5) is 13.2 Å². The first-order valence-electron chi connectivity index (χ1n) is 11.1. The Balaban J connectivity index is 1.73. The van der Waals surface area contributed by atoms with E-state index in [1.807, 2.05) is 30.3 Å². The highest BCUT2D eigenvalue weighted by Crippen LogP contribution is 2.31. The number of nitrogens with zero attached hydrogens (tertiary/aromatic N) is 1. The molecule has 0 N–H and O–H groups in total. The molecule has 36 heavy (non-hydrogen) atoms. The lowest BCUT2D eigenvalue weighted by molar-refractivity contribution is -0.137. The summed E-state index contributed by atoms with van der Waals surface area (Å²) in [5.41, 5.74) is 0.535. The van der Waals surface area contributed by atoms with Crippen LogP contribution in [0.5, 0.6) is 5.75 Å². The Morgan fingerprint density at radius 2 is 1.61 bits per heavy atom. The number of benzene rings is 3. The Morgan fingerprint density at radius 1 is 0.917 bits per heavy atom. The highest BCUT2D eigenvalue weighted by atomic mass is 32.2. The minimum Gasteiger partial charge on any atom is -0.383 e. The largest absolute Gasteiger partial charge is 0.416 e. The molecule has 3 aromatic rings. The first kappa shape index (κ1) is 27.2. The first-order chi connectivity index (χ1) is 17.1. The van der Waals surface area contributed by atoms with Crippen molar-refractivity contribution in [3.05, 3.63) is 95.6 Å². The lowest BCUT2D eigenvalue weighted by Crippen LogP contribution is -2.33. The van der Waals surface area contributed by atoms with Crippen molar-refractivity contribution in [2.75, 3.05) is 20.3 Å². The third-order valence-electron chi connectivity index (χ3n) is 5.32. The van der Waals surface area contributed by atoms with Gasteiger partial charge in [-0.1, -0.05) is 48.5 Å². The van der Waals surface area contributed by atoms with Crippen LogP contribution in [0.25, 0.3) is 0 Å². The maximum absolute atomic E-state index is 13.0. The summed E-state index contributed by atoms with van der Waals surface area (Å²) in [6.07, 6.45) is -3.83. The topological polar surface area (TPSA) is 72.9 Å². The van der Waals surface area contributed by atoms with E-state index in [4.69, 9.17) is 8.92 Å². The molecule has 0 unspecified atom stereocenters. The molecule has 0 aliphatic carbocycles. The quantitative estimate of drug-likeness (QED) is 0.329. The van der Waals surface area contributed by atoms with E-state index >= 15 is 0 Å². The zero-order chi connectivity index (χ0) is 26.2. The van der Waals surface area contributed by atoms with Gasteiger partial charge in [-0.3, -0.25) is 4.79 Å². The number of aryl methyl sites for hydroxylation is 1. The highest BCUT2D eigenvalue weighted by molar-refractivity contribution is 7.87. The van der Waals surface area contributed by atoms with Crippen LogP contribution in [0.3, 0.4) is 0 Å². The van der Waals surface area contributed by atoms with Gasteiger partial charge in [0, 0.05) is 26.6 Å². The number of hydrogen-bond acceptors (Lipinski definition) is 5. The minimum absolute atomic E-state index is 0.0756. The summed E-state index contributed by atoms with van der Waals surface area (Å²) in [4.78, 5) is 13.9. The van der Waals surface area contributed by atoms with E-state index in [1.54, 1.807) is 17.0 Å². The zero-order valence-corrected chi connectivity index (χ0v) is 20.4. The SMILES string of the molecule is COCCN(Cc1cccc(OS(=O)(=O)c2cccc(C(F)(F)F)c2)c1)C(=O)CCc1ccccc1. The molecule has 3 aromatic carbocycles. The molecule has 3 rings (SSSR count). The summed E-state index contributed by atoms with van der Waals surface area (Å²) in [7, 11) is -2.98. The molecule has 1 amide bonds. The molecular formula is C26H26F3NO5S. The van der Waals surface area contributed by atoms with Crippen LogP contribution in [0, 0.1) is 0 Å². The van der Waals surface area contributed by atoms with Crippen molar-refractivity contribution in [3.63, 3.8) is 0 Å². The Bertz CT molecular complexity index is 1260. The number of rotatable bonds is 11. The van der Waals surface area contributed by atoms with Crippen molar-refractivity contribution >= 4 is 16.0 Å². The molecule has 0 aliphatic rings. The van der Waals surface area contributed by atoms with E-state index < -0.39 is 26.8 Å². The van der Waals surface area contributed by atoms with Crippen molar-refractivity contribution in [1.82, 2.24) is 4.90 Å². The van der Waals surface area contributed by atoms with Crippen LogP contribution in [-0.2, 0) is 38.8 Å². The first-order valence-corrected chi connectivity index (χ1v) is 12.5. The third-order valence-corrected chi connectivity index (χ3v) is 6.56. The second-order valence-corrected chi connectivity index (χ2v) is 9.55. The number of methoxy groups -OCH3 is 1. The van der Waals surface area contributed by atoms with Gasteiger partial charge in [0.05, 0.1) is 12.2 Å². The van der Waals surface area contributed by atoms with Gasteiger partial charge in [-0.2, -0.15) is 21.6 Å². The summed E-state index contributed by atoms with van der Waals surface area (Å²) < 4.78 is 74.4. The Morgan fingerprint density at radius 3 is 2.31 bits per heavy atom. The number of amides is 1. The molecule has 0 aromatic heterocycles. The van der Waals surface area contributed by atoms with E-state index in [9.17, 15) is 26.4 Å². The van der Waals surface area contributed by atoms with Crippen LogP contribution in [0.15, 0.2) is 83.8 Å². The molecule has 6 nitrogen and oxygen atoms in total. The summed E-state index contributed by atoms with van der Waals surface area (Å²) in [6, 6.07) is 19.0. The molecule has 0 radical (unpaired) electrons. The fourth-order valence-corrected chi connectivity index (χ4v) is 4.44. The summed E-state index contributed by atoms with van der Waals surface area (Å²) >= 11 is 0. The molecule has 10 heteroatoms. The molecule has 192 valence electrons. The minimum atomic E-state index is -4.69. The number of carbonyl (C=O) groups excluding carboxylic acids is 1. The molecule has 0 bridgehead atoms. The number of alkyl halides is 3. The summed E-state index contributed by atoms with van der Waals surface area (Å²) in [5, 5.41) is 0. The molecule has 0 saturated carbocycles. The molecule has 0 saturated heterocycles. The predicted octanol–water partition coefficient (Wildman–Crippen LogP) is 5.08. The van der Waals surface area contributed by atoms with Crippen LogP contribution in [0.2, 0.25) is 0 Å². The fraction of sp³-hybridized carbons (Fsp3) is 0.269. The van der Waals surface area contributed by atoms with Crippen molar-refractivity contribution in [3.8, 4) is 5.75 Å². The standard InChI is InChI=1S/C26H26F3NO5S/c1-34-16-15-30(25(31)14-13-20-7-3-2-4-8-20)19-21-9-5-11-23(17-21)35-36(32,33)24-12-6-10-22(18-24)26(27,28)29/h2-12,17-18H,13-16,19H2,1H3. The average Bonchev–Trinajstić information content (AvgIpc) is 2.85. The van der Waals surface area contributed by atoms with E-state index in [0.29, 0.717) is 31.2 Å². The van der Waals surface area contributed by atoms with E-state index in [1.165, 1.54) is 19.2 Å². The number of hydrogen-bond donors (Lipinski definition) is 0. The zero-order valence-electron chi connectivity index (χ0n) is 19.6. The van der Waals surface area contributed by atoms with Gasteiger partial charge in [0.1, 0.15) is 10.6 Å². The maximum Gasteiger partial charge on any atom is 0.416 e.